The van der Waals surface area contributed by atoms with Gasteiger partial charge in [0.1, 0.15) is 0 Å². The first-order valence-electron chi connectivity index (χ1n) is 12.2. The van der Waals surface area contributed by atoms with Gasteiger partial charge in [0.05, 0.1) is 35.7 Å². The van der Waals surface area contributed by atoms with Gasteiger partial charge in [-0.15, -0.1) is 0 Å². The van der Waals surface area contributed by atoms with E-state index in [0.29, 0.717) is 56.5 Å². The van der Waals surface area contributed by atoms with Gasteiger partial charge in [0.25, 0.3) is 0 Å². The zero-order chi connectivity index (χ0) is 21.7. The van der Waals surface area contributed by atoms with Crippen molar-refractivity contribution in [3.63, 3.8) is 0 Å². The summed E-state index contributed by atoms with van der Waals surface area (Å²) in [5, 5.41) is 20.1. The molecule has 2 saturated heterocycles. The first-order valence-corrected chi connectivity index (χ1v) is 12.2. The molecule has 0 aromatic carbocycles. The fourth-order valence-corrected chi connectivity index (χ4v) is 5.95. The summed E-state index contributed by atoms with van der Waals surface area (Å²) in [7, 11) is 0. The van der Waals surface area contributed by atoms with E-state index in [-0.39, 0.29) is 5.92 Å². The van der Waals surface area contributed by atoms with Crippen LogP contribution in [0.2, 0.25) is 0 Å². The lowest BCUT2D eigenvalue weighted by atomic mass is 9.58. The monoisotopic (exact) mass is 424 g/mol. The van der Waals surface area contributed by atoms with Crippen molar-refractivity contribution in [2.45, 2.75) is 122 Å². The Kier molecular flexibility index (Phi) is 8.19. The number of hydrogen-bond donors (Lipinski definition) is 2. The second kappa shape index (κ2) is 10.4. The molecule has 172 valence electrons. The highest BCUT2D eigenvalue weighted by Gasteiger charge is 2.52. The number of hydrogen-bond acceptors (Lipinski definition) is 4. The molecule has 1 aliphatic carbocycles. The van der Waals surface area contributed by atoms with Gasteiger partial charge in [-0.25, -0.2) is 0 Å². The first kappa shape index (κ1) is 23.5. The van der Waals surface area contributed by atoms with Crippen molar-refractivity contribution in [2.24, 2.45) is 17.3 Å². The summed E-state index contributed by atoms with van der Waals surface area (Å²) in [6.45, 7) is 4.25. The van der Waals surface area contributed by atoms with E-state index in [4.69, 9.17) is 9.47 Å². The third-order valence-electron chi connectivity index (χ3n) is 7.87. The number of rotatable bonds is 14. The Morgan fingerprint density at radius 2 is 1.43 bits per heavy atom. The highest BCUT2D eigenvalue weighted by molar-refractivity contribution is 5.78. The summed E-state index contributed by atoms with van der Waals surface area (Å²) in [6, 6.07) is 0. The highest BCUT2D eigenvalue weighted by Crippen LogP contribution is 2.51. The lowest BCUT2D eigenvalue weighted by Crippen LogP contribution is -2.47. The largest absolute Gasteiger partial charge is 0.481 e. The van der Waals surface area contributed by atoms with Crippen molar-refractivity contribution in [3.8, 4) is 0 Å². The molecule has 3 aliphatic rings. The van der Waals surface area contributed by atoms with Crippen LogP contribution in [-0.4, -0.2) is 46.6 Å². The van der Waals surface area contributed by atoms with Crippen LogP contribution in [0.25, 0.3) is 0 Å². The summed E-state index contributed by atoms with van der Waals surface area (Å²) >= 11 is 0. The van der Waals surface area contributed by atoms with Crippen LogP contribution >= 0.6 is 0 Å². The number of carboxylic acid groups (broad SMARTS) is 2. The third kappa shape index (κ3) is 5.56. The van der Waals surface area contributed by atoms with E-state index in [0.717, 1.165) is 51.4 Å². The summed E-state index contributed by atoms with van der Waals surface area (Å²) < 4.78 is 11.2. The lowest BCUT2D eigenvalue weighted by Gasteiger charge is -2.44. The first-order chi connectivity index (χ1) is 14.4. The SMILES string of the molecule is CCC1OC1CCCCC1C(C(=O)O)CCCC1(CCCCC1OC1CC)C(=O)O. The Hall–Kier alpha value is -1.14. The minimum absolute atomic E-state index is 0.274. The molecule has 0 spiro atoms. The van der Waals surface area contributed by atoms with E-state index >= 15 is 0 Å². The number of carboxylic acids is 2. The number of ether oxygens (including phenoxy) is 2. The molecule has 0 amide bonds. The van der Waals surface area contributed by atoms with Crippen LogP contribution in [0.4, 0.5) is 0 Å². The van der Waals surface area contributed by atoms with Crippen molar-refractivity contribution in [1.82, 2.24) is 0 Å². The van der Waals surface area contributed by atoms with Crippen molar-refractivity contribution in [1.29, 1.82) is 0 Å². The number of unbranched alkanes of at least 4 members (excludes halogenated alkanes) is 2. The quantitative estimate of drug-likeness (QED) is 0.299. The summed E-state index contributed by atoms with van der Waals surface area (Å²) in [5.74, 6) is -2.42. The molecule has 7 atom stereocenters. The molecule has 1 saturated carbocycles. The van der Waals surface area contributed by atoms with E-state index < -0.39 is 23.3 Å². The van der Waals surface area contributed by atoms with Crippen molar-refractivity contribution >= 4 is 11.9 Å². The fraction of sp³-hybridized carbons (Fsp3) is 0.917. The van der Waals surface area contributed by atoms with Crippen molar-refractivity contribution < 1.29 is 29.3 Å². The van der Waals surface area contributed by atoms with Gasteiger partial charge in [-0.3, -0.25) is 9.59 Å². The Morgan fingerprint density at radius 1 is 0.867 bits per heavy atom. The summed E-state index contributed by atoms with van der Waals surface area (Å²) in [6.07, 6.45) is 12.4. The second-order valence-corrected chi connectivity index (χ2v) is 9.68. The van der Waals surface area contributed by atoms with Crippen LogP contribution < -0.4 is 0 Å². The van der Waals surface area contributed by atoms with Crippen LogP contribution in [0.5, 0.6) is 0 Å². The van der Waals surface area contributed by atoms with Crippen LogP contribution in [0.1, 0.15) is 97.3 Å². The predicted octanol–water partition coefficient (Wildman–Crippen LogP) is 5.03. The van der Waals surface area contributed by atoms with Gasteiger partial charge >= 0.3 is 11.9 Å². The zero-order valence-corrected chi connectivity index (χ0v) is 18.7. The molecule has 0 radical (unpaired) electrons. The predicted molar refractivity (Wildman–Crippen MR) is 113 cm³/mol. The average Bonchev–Trinajstić information content (AvgIpc) is 3.64. The molecule has 6 nitrogen and oxygen atoms in total. The molecule has 2 N–H and O–H groups in total. The van der Waals surface area contributed by atoms with Crippen LogP contribution in [0.3, 0.4) is 0 Å². The van der Waals surface area contributed by atoms with Crippen LogP contribution in [0.15, 0.2) is 0 Å². The van der Waals surface area contributed by atoms with Gasteiger partial charge in [0, 0.05) is 0 Å². The summed E-state index contributed by atoms with van der Waals surface area (Å²) in [4.78, 5) is 24.5. The Labute approximate surface area is 180 Å². The van der Waals surface area contributed by atoms with Gasteiger partial charge in [-0.05, 0) is 57.3 Å². The van der Waals surface area contributed by atoms with Crippen LogP contribution in [-0.2, 0) is 19.1 Å². The molecule has 0 aromatic heterocycles. The average molecular weight is 425 g/mol. The maximum atomic E-state index is 12.5. The molecule has 0 aromatic rings. The lowest BCUT2D eigenvalue weighted by molar-refractivity contribution is -0.164. The smallest absolute Gasteiger partial charge is 0.309 e. The normalized spacial score (nSPS) is 37.7. The maximum Gasteiger partial charge on any atom is 0.309 e. The standard InChI is InChI=1S/C24H40O6/c1-3-18-20(29-18)12-6-5-11-17-16(22(25)26)10-9-15-24(17,23(27)28)14-8-7-13-21-19(4-2)30-21/h16-21H,3-15H2,1-2H3,(H,25,26)(H,27,28). The number of carbonyl (C=O) groups is 2. The molecule has 7 unspecified atom stereocenters. The Bertz CT molecular complexity index is 592. The zero-order valence-electron chi connectivity index (χ0n) is 18.7. The molecule has 30 heavy (non-hydrogen) atoms. The van der Waals surface area contributed by atoms with E-state index in [2.05, 4.69) is 13.8 Å². The van der Waals surface area contributed by atoms with E-state index in [1.54, 1.807) is 0 Å². The van der Waals surface area contributed by atoms with E-state index in [9.17, 15) is 19.8 Å². The number of aliphatic carboxylic acids is 2. The summed E-state index contributed by atoms with van der Waals surface area (Å²) in [5.41, 5.74) is -0.891. The van der Waals surface area contributed by atoms with E-state index in [1.165, 1.54) is 0 Å². The van der Waals surface area contributed by atoms with Crippen LogP contribution in [0, 0.1) is 17.3 Å². The molecule has 6 heteroatoms. The van der Waals surface area contributed by atoms with Gasteiger partial charge in [-0.1, -0.05) is 46.0 Å². The van der Waals surface area contributed by atoms with Gasteiger partial charge < -0.3 is 19.7 Å². The van der Waals surface area contributed by atoms with Crippen molar-refractivity contribution in [2.75, 3.05) is 0 Å². The highest BCUT2D eigenvalue weighted by atomic mass is 16.6. The third-order valence-corrected chi connectivity index (χ3v) is 7.87. The van der Waals surface area contributed by atoms with Gasteiger partial charge in [-0.2, -0.15) is 0 Å². The Balaban J connectivity index is 1.56. The maximum absolute atomic E-state index is 12.5. The number of epoxide rings is 2. The topological polar surface area (TPSA) is 99.7 Å². The second-order valence-electron chi connectivity index (χ2n) is 9.68. The van der Waals surface area contributed by atoms with Gasteiger partial charge in [0.15, 0.2) is 0 Å². The molecule has 2 aliphatic heterocycles. The molecular formula is C24H40O6. The van der Waals surface area contributed by atoms with E-state index in [1.807, 2.05) is 0 Å². The molecule has 3 fully saturated rings. The van der Waals surface area contributed by atoms with Crippen molar-refractivity contribution in [3.05, 3.63) is 0 Å². The van der Waals surface area contributed by atoms with Gasteiger partial charge in [0.2, 0.25) is 0 Å². The molecular weight excluding hydrogens is 384 g/mol. The Morgan fingerprint density at radius 3 is 1.93 bits per heavy atom. The molecule has 2 heterocycles. The minimum Gasteiger partial charge on any atom is -0.481 e. The molecule has 3 rings (SSSR count). The minimum atomic E-state index is -0.891. The fourth-order valence-electron chi connectivity index (χ4n) is 5.95. The molecule has 0 bridgehead atoms.